The molecule has 0 spiro atoms. The van der Waals surface area contributed by atoms with Crippen LogP contribution < -0.4 is 9.18 Å². The topological polar surface area (TPSA) is 90.5 Å². The second-order valence-corrected chi connectivity index (χ2v) is 7.61. The maximum atomic E-state index is 12.8. The highest BCUT2D eigenvalue weighted by Gasteiger charge is 2.29. The first kappa shape index (κ1) is 15.6. The molecule has 0 radical (unpaired) electrons. The number of aromatic hydroxyl groups is 1. The minimum Gasteiger partial charge on any atom is -0.508 e. The monoisotopic (exact) mass is 328 g/mol. The van der Waals surface area contributed by atoms with Crippen molar-refractivity contribution in [3.05, 3.63) is 39.1 Å². The van der Waals surface area contributed by atoms with Crippen molar-refractivity contribution in [1.82, 2.24) is 4.98 Å². The Balaban J connectivity index is 2.62. The SMILES string of the molecule is CCN(c1cc(O)ccc1C)S(=O)(=O)c1sc(=O)[nH]c1C. The molecule has 0 saturated heterocycles. The van der Waals surface area contributed by atoms with Crippen LogP contribution in [-0.4, -0.2) is 25.1 Å². The molecule has 0 unspecified atom stereocenters. The Morgan fingerprint density at radius 1 is 1.33 bits per heavy atom. The Kier molecular flexibility index (Phi) is 4.11. The van der Waals surface area contributed by atoms with Crippen molar-refractivity contribution in [3.63, 3.8) is 0 Å². The summed E-state index contributed by atoms with van der Waals surface area (Å²) in [6.45, 7) is 5.21. The lowest BCUT2D eigenvalue weighted by Gasteiger charge is -2.24. The summed E-state index contributed by atoms with van der Waals surface area (Å²) in [6.07, 6.45) is 0. The number of sulfonamides is 1. The van der Waals surface area contributed by atoms with Gasteiger partial charge in [0, 0.05) is 18.3 Å². The van der Waals surface area contributed by atoms with E-state index in [9.17, 15) is 18.3 Å². The molecule has 0 amide bonds. The molecule has 1 aromatic carbocycles. The average molecular weight is 328 g/mol. The van der Waals surface area contributed by atoms with Crippen LogP contribution in [0.25, 0.3) is 0 Å². The number of hydrogen-bond donors (Lipinski definition) is 2. The highest BCUT2D eigenvalue weighted by molar-refractivity contribution is 7.94. The molecule has 0 atom stereocenters. The van der Waals surface area contributed by atoms with Gasteiger partial charge in [-0.05, 0) is 32.4 Å². The van der Waals surface area contributed by atoms with Gasteiger partial charge in [0.05, 0.1) is 5.69 Å². The highest BCUT2D eigenvalue weighted by Crippen LogP contribution is 2.31. The minimum atomic E-state index is -3.84. The van der Waals surface area contributed by atoms with Crippen molar-refractivity contribution >= 4 is 27.0 Å². The molecule has 8 heteroatoms. The number of nitrogens with zero attached hydrogens (tertiary/aromatic N) is 1. The number of phenols is 1. The standard InChI is InChI=1S/C13H16N2O4S2/c1-4-15(11-7-10(16)6-5-8(11)2)21(18,19)12-9(3)14-13(17)20-12/h5-7,16H,4H2,1-3H3,(H,14,17). The number of aryl methyl sites for hydroxylation is 2. The van der Waals surface area contributed by atoms with E-state index < -0.39 is 14.9 Å². The van der Waals surface area contributed by atoms with E-state index in [-0.39, 0.29) is 16.5 Å². The third kappa shape index (κ3) is 2.81. The van der Waals surface area contributed by atoms with Gasteiger partial charge >= 0.3 is 4.87 Å². The van der Waals surface area contributed by atoms with Crippen molar-refractivity contribution in [1.29, 1.82) is 0 Å². The molecule has 114 valence electrons. The van der Waals surface area contributed by atoms with Crippen LogP contribution in [0.15, 0.2) is 27.2 Å². The summed E-state index contributed by atoms with van der Waals surface area (Å²) in [4.78, 5) is 13.4. The van der Waals surface area contributed by atoms with Crippen LogP contribution in [0.4, 0.5) is 5.69 Å². The van der Waals surface area contributed by atoms with E-state index in [1.807, 2.05) is 0 Å². The van der Waals surface area contributed by atoms with Gasteiger partial charge in [-0.15, -0.1) is 0 Å². The second-order valence-electron chi connectivity index (χ2n) is 4.57. The van der Waals surface area contributed by atoms with Crippen LogP contribution in [0.2, 0.25) is 0 Å². The predicted molar refractivity (Wildman–Crippen MR) is 82.7 cm³/mol. The zero-order valence-electron chi connectivity index (χ0n) is 11.9. The Hall–Kier alpha value is -1.80. The maximum Gasteiger partial charge on any atom is 0.306 e. The third-order valence-corrected chi connectivity index (χ3v) is 6.53. The van der Waals surface area contributed by atoms with E-state index in [1.54, 1.807) is 26.8 Å². The van der Waals surface area contributed by atoms with Gasteiger partial charge in [0.15, 0.2) is 4.21 Å². The quantitative estimate of drug-likeness (QED) is 0.898. The summed E-state index contributed by atoms with van der Waals surface area (Å²) >= 11 is 0.666. The molecule has 2 aromatic rings. The van der Waals surface area contributed by atoms with E-state index >= 15 is 0 Å². The lowest BCUT2D eigenvalue weighted by Crippen LogP contribution is -2.31. The molecule has 6 nitrogen and oxygen atoms in total. The molecule has 0 bridgehead atoms. The molecule has 21 heavy (non-hydrogen) atoms. The molecule has 0 fully saturated rings. The second kappa shape index (κ2) is 5.53. The summed E-state index contributed by atoms with van der Waals surface area (Å²) in [5, 5.41) is 9.60. The van der Waals surface area contributed by atoms with E-state index in [4.69, 9.17) is 0 Å². The lowest BCUT2D eigenvalue weighted by atomic mass is 10.2. The molecular weight excluding hydrogens is 312 g/mol. The summed E-state index contributed by atoms with van der Waals surface area (Å²) < 4.78 is 26.7. The zero-order chi connectivity index (χ0) is 15.8. The first-order chi connectivity index (χ1) is 9.77. The number of benzene rings is 1. The van der Waals surface area contributed by atoms with Gasteiger partial charge in [-0.3, -0.25) is 9.10 Å². The maximum absolute atomic E-state index is 12.8. The molecule has 0 aliphatic rings. The van der Waals surface area contributed by atoms with E-state index in [0.717, 1.165) is 5.56 Å². The lowest BCUT2D eigenvalue weighted by molar-refractivity contribution is 0.475. The van der Waals surface area contributed by atoms with E-state index in [1.165, 1.54) is 16.4 Å². The van der Waals surface area contributed by atoms with Crippen LogP contribution in [0, 0.1) is 13.8 Å². The fraction of sp³-hybridized carbons (Fsp3) is 0.308. The van der Waals surface area contributed by atoms with Gasteiger partial charge in [-0.2, -0.15) is 0 Å². The summed E-state index contributed by atoms with van der Waals surface area (Å²) in [6, 6.07) is 4.55. The Morgan fingerprint density at radius 2 is 2.00 bits per heavy atom. The van der Waals surface area contributed by atoms with Crippen molar-refractivity contribution in [3.8, 4) is 5.75 Å². The van der Waals surface area contributed by atoms with Gasteiger partial charge in [-0.25, -0.2) is 8.42 Å². The summed E-state index contributed by atoms with van der Waals surface area (Å²) in [7, 11) is -3.84. The van der Waals surface area contributed by atoms with Gasteiger partial charge < -0.3 is 10.1 Å². The normalized spacial score (nSPS) is 11.6. The molecule has 2 rings (SSSR count). The number of aromatic amines is 1. The largest absolute Gasteiger partial charge is 0.508 e. The number of anilines is 1. The average Bonchev–Trinajstić information content (AvgIpc) is 2.74. The predicted octanol–water partition coefficient (Wildman–Crippen LogP) is 1.97. The fourth-order valence-electron chi connectivity index (χ4n) is 2.07. The summed E-state index contributed by atoms with van der Waals surface area (Å²) in [5.41, 5.74) is 1.44. The Bertz CT molecular complexity index is 821. The van der Waals surface area contributed by atoms with Gasteiger partial charge in [-0.1, -0.05) is 17.4 Å². The van der Waals surface area contributed by atoms with Gasteiger partial charge in [0.1, 0.15) is 5.75 Å². The Morgan fingerprint density at radius 3 is 2.52 bits per heavy atom. The zero-order valence-corrected chi connectivity index (χ0v) is 13.5. The molecule has 0 aliphatic heterocycles. The van der Waals surface area contributed by atoms with E-state index in [0.29, 0.717) is 22.7 Å². The van der Waals surface area contributed by atoms with Crippen LogP contribution in [-0.2, 0) is 10.0 Å². The molecule has 2 N–H and O–H groups in total. The number of rotatable bonds is 4. The molecule has 0 saturated carbocycles. The number of hydrogen-bond acceptors (Lipinski definition) is 5. The van der Waals surface area contributed by atoms with Crippen molar-refractivity contribution in [2.24, 2.45) is 0 Å². The van der Waals surface area contributed by atoms with Crippen LogP contribution in [0.5, 0.6) is 5.75 Å². The van der Waals surface area contributed by atoms with Gasteiger partial charge in [0.25, 0.3) is 10.0 Å². The van der Waals surface area contributed by atoms with Crippen molar-refractivity contribution < 1.29 is 13.5 Å². The smallest absolute Gasteiger partial charge is 0.306 e. The van der Waals surface area contributed by atoms with Gasteiger partial charge in [0.2, 0.25) is 0 Å². The third-order valence-electron chi connectivity index (χ3n) is 3.05. The highest BCUT2D eigenvalue weighted by atomic mass is 32.2. The number of phenolic OH excluding ortho intramolecular Hbond substituents is 1. The summed E-state index contributed by atoms with van der Waals surface area (Å²) in [5.74, 6) is -0.0109. The number of nitrogens with one attached hydrogen (secondary N) is 1. The molecule has 0 aliphatic carbocycles. The number of thiazole rings is 1. The minimum absolute atomic E-state index is 0.00269. The first-order valence-corrected chi connectivity index (χ1v) is 8.55. The van der Waals surface area contributed by atoms with Crippen LogP contribution in [0.1, 0.15) is 18.2 Å². The molecular formula is C13H16N2O4S2. The molecule has 1 aromatic heterocycles. The van der Waals surface area contributed by atoms with Crippen LogP contribution >= 0.6 is 11.3 Å². The molecule has 1 heterocycles. The fourth-order valence-corrected chi connectivity index (χ4v) is 5.00. The number of aromatic nitrogens is 1. The van der Waals surface area contributed by atoms with Crippen molar-refractivity contribution in [2.75, 3.05) is 10.8 Å². The Labute approximate surface area is 126 Å². The van der Waals surface area contributed by atoms with E-state index in [2.05, 4.69) is 4.98 Å². The first-order valence-electron chi connectivity index (χ1n) is 6.29. The number of H-pyrrole nitrogens is 1. The van der Waals surface area contributed by atoms with Crippen molar-refractivity contribution in [2.45, 2.75) is 25.0 Å². The van der Waals surface area contributed by atoms with Crippen LogP contribution in [0.3, 0.4) is 0 Å².